The predicted molar refractivity (Wildman–Crippen MR) is 83.1 cm³/mol. The standard InChI is InChI=1S/C16H24N4O/c17-16(21)14-3-1-13(2-4-14)12-19-7-9-20(10-8-19)15-5-6-18-11-15/h1-4,15,18H,5-12H2,(H2,17,21). The molecule has 2 aliphatic rings. The number of hydrogen-bond acceptors (Lipinski definition) is 4. The number of amides is 1. The molecule has 0 radical (unpaired) electrons. The van der Waals surface area contributed by atoms with E-state index in [1.807, 2.05) is 24.3 Å². The first kappa shape index (κ1) is 14.5. The first-order valence-electron chi connectivity index (χ1n) is 7.78. The highest BCUT2D eigenvalue weighted by molar-refractivity contribution is 5.92. The maximum Gasteiger partial charge on any atom is 0.248 e. The van der Waals surface area contributed by atoms with E-state index in [4.69, 9.17) is 5.73 Å². The highest BCUT2D eigenvalue weighted by atomic mass is 16.1. The maximum absolute atomic E-state index is 11.1. The van der Waals surface area contributed by atoms with Crippen LogP contribution in [0.3, 0.4) is 0 Å². The van der Waals surface area contributed by atoms with Crippen molar-refractivity contribution < 1.29 is 4.79 Å². The van der Waals surface area contributed by atoms with E-state index in [9.17, 15) is 4.79 Å². The van der Waals surface area contributed by atoms with Gasteiger partial charge in [-0.15, -0.1) is 0 Å². The number of hydrogen-bond donors (Lipinski definition) is 2. The maximum atomic E-state index is 11.1. The lowest BCUT2D eigenvalue weighted by Crippen LogP contribution is -2.50. The van der Waals surface area contributed by atoms with Crippen molar-refractivity contribution in [1.82, 2.24) is 15.1 Å². The van der Waals surface area contributed by atoms with Gasteiger partial charge in [-0.25, -0.2) is 0 Å². The molecule has 1 aromatic carbocycles. The summed E-state index contributed by atoms with van der Waals surface area (Å²) in [6, 6.07) is 8.39. The molecule has 2 aliphatic heterocycles. The van der Waals surface area contributed by atoms with Crippen molar-refractivity contribution in [3.8, 4) is 0 Å². The average Bonchev–Trinajstić information content (AvgIpc) is 3.03. The Morgan fingerprint density at radius 2 is 1.90 bits per heavy atom. The van der Waals surface area contributed by atoms with E-state index < -0.39 is 0 Å². The highest BCUT2D eigenvalue weighted by Gasteiger charge is 2.25. The summed E-state index contributed by atoms with van der Waals surface area (Å²) < 4.78 is 0. The van der Waals surface area contributed by atoms with E-state index >= 15 is 0 Å². The molecular formula is C16H24N4O. The molecule has 1 atom stereocenters. The molecular weight excluding hydrogens is 264 g/mol. The fourth-order valence-electron chi connectivity index (χ4n) is 3.27. The Kier molecular flexibility index (Phi) is 4.53. The molecule has 1 unspecified atom stereocenters. The van der Waals surface area contributed by atoms with Crippen LogP contribution < -0.4 is 11.1 Å². The molecule has 3 rings (SSSR count). The van der Waals surface area contributed by atoms with E-state index in [2.05, 4.69) is 15.1 Å². The third-order valence-electron chi connectivity index (χ3n) is 4.60. The third-order valence-corrected chi connectivity index (χ3v) is 4.60. The minimum Gasteiger partial charge on any atom is -0.366 e. The lowest BCUT2D eigenvalue weighted by molar-refractivity contribution is 0.0981. The first-order chi connectivity index (χ1) is 10.2. The van der Waals surface area contributed by atoms with E-state index in [0.717, 1.165) is 51.9 Å². The van der Waals surface area contributed by atoms with Gasteiger partial charge in [-0.3, -0.25) is 14.6 Å². The fourth-order valence-corrected chi connectivity index (χ4v) is 3.27. The van der Waals surface area contributed by atoms with Gasteiger partial charge in [0, 0.05) is 50.9 Å². The van der Waals surface area contributed by atoms with E-state index in [0.29, 0.717) is 5.56 Å². The first-order valence-corrected chi connectivity index (χ1v) is 7.78. The van der Waals surface area contributed by atoms with Crippen LogP contribution in [0.4, 0.5) is 0 Å². The summed E-state index contributed by atoms with van der Waals surface area (Å²) in [5, 5.41) is 3.44. The van der Waals surface area contributed by atoms with Crippen LogP contribution in [0, 0.1) is 0 Å². The van der Waals surface area contributed by atoms with Gasteiger partial charge in [0.15, 0.2) is 0 Å². The Morgan fingerprint density at radius 3 is 2.48 bits per heavy atom. The lowest BCUT2D eigenvalue weighted by atomic mass is 10.1. The molecule has 1 aromatic rings. The fraction of sp³-hybridized carbons (Fsp3) is 0.562. The molecule has 2 saturated heterocycles. The molecule has 2 heterocycles. The van der Waals surface area contributed by atoms with Crippen molar-refractivity contribution in [2.45, 2.75) is 19.0 Å². The summed E-state index contributed by atoms with van der Waals surface area (Å²) in [6.07, 6.45) is 1.29. The monoisotopic (exact) mass is 288 g/mol. The number of nitrogens with zero attached hydrogens (tertiary/aromatic N) is 2. The number of piperazine rings is 1. The van der Waals surface area contributed by atoms with E-state index in [-0.39, 0.29) is 5.91 Å². The summed E-state index contributed by atoms with van der Waals surface area (Å²) >= 11 is 0. The van der Waals surface area contributed by atoms with Crippen LogP contribution in [-0.4, -0.2) is 61.0 Å². The Labute approximate surface area is 126 Å². The van der Waals surface area contributed by atoms with Crippen molar-refractivity contribution in [2.24, 2.45) is 5.73 Å². The number of primary amides is 1. The molecule has 0 bridgehead atoms. The van der Waals surface area contributed by atoms with E-state index in [1.54, 1.807) is 0 Å². The van der Waals surface area contributed by atoms with Crippen LogP contribution in [0.2, 0.25) is 0 Å². The molecule has 0 saturated carbocycles. The van der Waals surface area contributed by atoms with Crippen LogP contribution in [-0.2, 0) is 6.54 Å². The van der Waals surface area contributed by atoms with Gasteiger partial charge in [0.25, 0.3) is 0 Å². The summed E-state index contributed by atoms with van der Waals surface area (Å²) in [6.45, 7) is 7.82. The Bertz CT molecular complexity index is 474. The largest absolute Gasteiger partial charge is 0.366 e. The normalized spacial score (nSPS) is 24.3. The molecule has 3 N–H and O–H groups in total. The lowest BCUT2D eigenvalue weighted by Gasteiger charge is -2.37. The number of nitrogens with one attached hydrogen (secondary N) is 1. The van der Waals surface area contributed by atoms with Crippen molar-refractivity contribution >= 4 is 5.91 Å². The van der Waals surface area contributed by atoms with Gasteiger partial charge in [-0.05, 0) is 30.7 Å². The second-order valence-corrected chi connectivity index (χ2v) is 6.02. The second-order valence-electron chi connectivity index (χ2n) is 6.02. The molecule has 0 spiro atoms. The van der Waals surface area contributed by atoms with Gasteiger partial charge in [-0.2, -0.15) is 0 Å². The molecule has 21 heavy (non-hydrogen) atoms. The molecule has 0 aliphatic carbocycles. The van der Waals surface area contributed by atoms with Crippen LogP contribution in [0.1, 0.15) is 22.3 Å². The van der Waals surface area contributed by atoms with Gasteiger partial charge < -0.3 is 11.1 Å². The molecule has 5 nitrogen and oxygen atoms in total. The van der Waals surface area contributed by atoms with Crippen molar-refractivity contribution in [1.29, 1.82) is 0 Å². The minimum absolute atomic E-state index is 0.361. The minimum atomic E-state index is -0.361. The smallest absolute Gasteiger partial charge is 0.248 e. The predicted octanol–water partition coefficient (Wildman–Crippen LogP) is 0.265. The van der Waals surface area contributed by atoms with Crippen LogP contribution in [0.5, 0.6) is 0 Å². The van der Waals surface area contributed by atoms with Gasteiger partial charge in [0.05, 0.1) is 0 Å². The SMILES string of the molecule is NC(=O)c1ccc(CN2CCN(C3CCNC3)CC2)cc1. The molecule has 5 heteroatoms. The van der Waals surface area contributed by atoms with Gasteiger partial charge in [0.1, 0.15) is 0 Å². The zero-order valence-corrected chi connectivity index (χ0v) is 12.4. The van der Waals surface area contributed by atoms with Crippen molar-refractivity contribution in [2.75, 3.05) is 39.3 Å². The molecule has 2 fully saturated rings. The van der Waals surface area contributed by atoms with Crippen molar-refractivity contribution in [3.63, 3.8) is 0 Å². The van der Waals surface area contributed by atoms with Gasteiger partial charge >= 0.3 is 0 Å². The number of benzene rings is 1. The number of rotatable bonds is 4. The highest BCUT2D eigenvalue weighted by Crippen LogP contribution is 2.14. The number of carbonyl (C=O) groups is 1. The average molecular weight is 288 g/mol. The Morgan fingerprint density at radius 1 is 1.19 bits per heavy atom. The quantitative estimate of drug-likeness (QED) is 0.834. The summed E-state index contributed by atoms with van der Waals surface area (Å²) in [5.41, 5.74) is 7.09. The molecule has 0 aromatic heterocycles. The third kappa shape index (κ3) is 3.61. The Hall–Kier alpha value is -1.43. The van der Waals surface area contributed by atoms with Crippen LogP contribution in [0.25, 0.3) is 0 Å². The number of carbonyl (C=O) groups excluding carboxylic acids is 1. The van der Waals surface area contributed by atoms with Crippen LogP contribution >= 0.6 is 0 Å². The zero-order chi connectivity index (χ0) is 14.7. The molecule has 114 valence electrons. The summed E-state index contributed by atoms with van der Waals surface area (Å²) in [4.78, 5) is 16.2. The topological polar surface area (TPSA) is 61.6 Å². The van der Waals surface area contributed by atoms with E-state index in [1.165, 1.54) is 12.0 Å². The summed E-state index contributed by atoms with van der Waals surface area (Å²) in [7, 11) is 0. The Balaban J connectivity index is 1.49. The van der Waals surface area contributed by atoms with Gasteiger partial charge in [-0.1, -0.05) is 12.1 Å². The summed E-state index contributed by atoms with van der Waals surface area (Å²) in [5.74, 6) is -0.361. The molecule has 1 amide bonds. The van der Waals surface area contributed by atoms with Gasteiger partial charge in [0.2, 0.25) is 5.91 Å². The second kappa shape index (κ2) is 6.56. The number of nitrogens with two attached hydrogens (primary N) is 1. The van der Waals surface area contributed by atoms with Crippen molar-refractivity contribution in [3.05, 3.63) is 35.4 Å². The zero-order valence-electron chi connectivity index (χ0n) is 12.4. The van der Waals surface area contributed by atoms with Crippen LogP contribution in [0.15, 0.2) is 24.3 Å².